The van der Waals surface area contributed by atoms with E-state index in [4.69, 9.17) is 4.52 Å². The van der Waals surface area contributed by atoms with Crippen LogP contribution < -0.4 is 5.32 Å². The van der Waals surface area contributed by atoms with Gasteiger partial charge in [0.2, 0.25) is 5.91 Å². The molecule has 0 saturated carbocycles. The van der Waals surface area contributed by atoms with E-state index in [1.54, 1.807) is 0 Å². The van der Waals surface area contributed by atoms with Crippen molar-refractivity contribution in [1.29, 1.82) is 0 Å². The molecule has 1 N–H and O–H groups in total. The van der Waals surface area contributed by atoms with Crippen LogP contribution in [-0.4, -0.2) is 11.1 Å². The van der Waals surface area contributed by atoms with Crippen LogP contribution in [0.1, 0.15) is 34.8 Å². The number of amides is 1. The van der Waals surface area contributed by atoms with Crippen LogP contribution in [0.2, 0.25) is 0 Å². The van der Waals surface area contributed by atoms with Crippen LogP contribution in [0.5, 0.6) is 0 Å². The summed E-state index contributed by atoms with van der Waals surface area (Å²) >= 11 is 0. The topological polar surface area (TPSA) is 55.1 Å². The van der Waals surface area contributed by atoms with Gasteiger partial charge in [0.05, 0.1) is 5.92 Å². The molecule has 4 nitrogen and oxygen atoms in total. The average molecular weight is 266 g/mol. The predicted molar refractivity (Wildman–Crippen MR) is 75.4 cm³/mol. The van der Waals surface area contributed by atoms with Gasteiger partial charge in [0, 0.05) is 5.56 Å². The number of allylic oxidation sites excluding steroid dienone is 1. The minimum atomic E-state index is -0.0577. The number of fused-ring (bicyclic) bond motifs is 2. The van der Waals surface area contributed by atoms with Gasteiger partial charge < -0.3 is 9.84 Å². The van der Waals surface area contributed by atoms with Crippen molar-refractivity contribution in [3.05, 3.63) is 52.8 Å². The summed E-state index contributed by atoms with van der Waals surface area (Å²) in [6.07, 6.45) is 6.61. The third kappa shape index (κ3) is 1.68. The second-order valence-corrected chi connectivity index (χ2v) is 5.26. The fourth-order valence-electron chi connectivity index (χ4n) is 2.91. The highest BCUT2D eigenvalue weighted by Gasteiger charge is 2.32. The molecule has 1 aromatic carbocycles. The van der Waals surface area contributed by atoms with E-state index in [2.05, 4.69) is 22.6 Å². The molecule has 2 aliphatic rings. The highest BCUT2D eigenvalue weighted by molar-refractivity contribution is 5.97. The van der Waals surface area contributed by atoms with Crippen molar-refractivity contribution in [2.75, 3.05) is 5.32 Å². The van der Waals surface area contributed by atoms with E-state index in [0.29, 0.717) is 5.82 Å². The molecule has 0 saturated heterocycles. The zero-order valence-corrected chi connectivity index (χ0v) is 10.9. The molecule has 1 heterocycles. The maximum absolute atomic E-state index is 12.3. The smallest absolute Gasteiger partial charge is 0.233 e. The molecule has 0 unspecified atom stereocenters. The molecule has 1 amide bonds. The summed E-state index contributed by atoms with van der Waals surface area (Å²) in [5.74, 6) is 1.30. The number of carbonyl (C=O) groups is 1. The zero-order valence-electron chi connectivity index (χ0n) is 10.9. The number of carbonyl (C=O) groups excluding carboxylic acids is 1. The van der Waals surface area contributed by atoms with Crippen molar-refractivity contribution in [3.8, 4) is 0 Å². The largest absolute Gasteiger partial charge is 0.354 e. The lowest BCUT2D eigenvalue weighted by atomic mass is 9.77. The van der Waals surface area contributed by atoms with Crippen LogP contribution in [-0.2, 0) is 17.6 Å². The summed E-state index contributed by atoms with van der Waals surface area (Å²) in [6.45, 7) is 0. The first-order chi connectivity index (χ1) is 9.83. The Hall–Kier alpha value is -2.36. The van der Waals surface area contributed by atoms with Crippen LogP contribution in [0, 0.1) is 0 Å². The first kappa shape index (κ1) is 11.5. The molecule has 0 fully saturated rings. The number of aromatic nitrogens is 1. The Labute approximate surface area is 116 Å². The van der Waals surface area contributed by atoms with Crippen LogP contribution in [0.3, 0.4) is 0 Å². The molecule has 4 rings (SSSR count). The summed E-state index contributed by atoms with van der Waals surface area (Å²) in [7, 11) is 0. The van der Waals surface area contributed by atoms with Gasteiger partial charge in [0.15, 0.2) is 11.6 Å². The van der Waals surface area contributed by atoms with Gasteiger partial charge in [-0.25, -0.2) is 0 Å². The quantitative estimate of drug-likeness (QED) is 0.909. The first-order valence-electron chi connectivity index (χ1n) is 6.86. The number of rotatable bonds is 2. The van der Waals surface area contributed by atoms with Gasteiger partial charge in [-0.05, 0) is 36.5 Å². The van der Waals surface area contributed by atoms with Gasteiger partial charge in [0.1, 0.15) is 0 Å². The normalized spacial score (nSPS) is 18.9. The van der Waals surface area contributed by atoms with Gasteiger partial charge in [-0.2, -0.15) is 0 Å². The highest BCUT2D eigenvalue weighted by atomic mass is 16.5. The van der Waals surface area contributed by atoms with Crippen molar-refractivity contribution in [2.24, 2.45) is 0 Å². The van der Waals surface area contributed by atoms with Gasteiger partial charge in [0.25, 0.3) is 0 Å². The average Bonchev–Trinajstić information content (AvgIpc) is 2.84. The molecule has 2 aliphatic carbocycles. The van der Waals surface area contributed by atoms with Gasteiger partial charge in [-0.15, -0.1) is 0 Å². The molecule has 1 atom stereocenters. The van der Waals surface area contributed by atoms with Crippen LogP contribution in [0.15, 0.2) is 34.9 Å². The number of hydrogen-bond donors (Lipinski definition) is 1. The lowest BCUT2D eigenvalue weighted by Crippen LogP contribution is -2.30. The number of nitrogens with zero attached hydrogens (tertiary/aromatic N) is 1. The lowest BCUT2D eigenvalue weighted by molar-refractivity contribution is -0.118. The van der Waals surface area contributed by atoms with E-state index in [1.807, 2.05) is 24.3 Å². The van der Waals surface area contributed by atoms with Crippen molar-refractivity contribution < 1.29 is 9.32 Å². The minimum absolute atomic E-state index is 0.00866. The van der Waals surface area contributed by atoms with Gasteiger partial charge in [-0.3, -0.25) is 4.79 Å². The maximum atomic E-state index is 12.3. The second-order valence-electron chi connectivity index (χ2n) is 5.26. The van der Waals surface area contributed by atoms with Crippen molar-refractivity contribution in [3.63, 3.8) is 0 Å². The zero-order chi connectivity index (χ0) is 13.5. The molecule has 2 aromatic rings. The van der Waals surface area contributed by atoms with Gasteiger partial charge >= 0.3 is 0 Å². The fraction of sp³-hybridized carbons (Fsp3) is 0.250. The van der Waals surface area contributed by atoms with E-state index >= 15 is 0 Å². The van der Waals surface area contributed by atoms with Crippen molar-refractivity contribution in [1.82, 2.24) is 5.16 Å². The Morgan fingerprint density at radius 2 is 2.25 bits per heavy atom. The standard InChI is InChI=1S/C16H14N2O2/c19-16(13-9-10-5-1-2-6-11(10)13)17-15-12-7-3-4-8-14(12)20-18-15/h1-2,4-6,8,13H,3,7,9H2,(H,17,18,19)/t13-/m1/s1. The lowest BCUT2D eigenvalue weighted by Gasteiger charge is -2.28. The number of anilines is 1. The Bertz CT molecular complexity index is 715. The molecule has 4 heteroatoms. The molecule has 20 heavy (non-hydrogen) atoms. The Morgan fingerprint density at radius 3 is 3.15 bits per heavy atom. The molecule has 0 radical (unpaired) electrons. The Kier molecular flexibility index (Phi) is 2.49. The van der Waals surface area contributed by atoms with E-state index in [-0.39, 0.29) is 11.8 Å². The van der Waals surface area contributed by atoms with Crippen LogP contribution >= 0.6 is 0 Å². The summed E-state index contributed by atoms with van der Waals surface area (Å²) < 4.78 is 5.24. The summed E-state index contributed by atoms with van der Waals surface area (Å²) in [5, 5.41) is 6.89. The number of nitrogens with one attached hydrogen (secondary N) is 1. The SMILES string of the molecule is O=C(Nc1noc2c1CCC=C2)[C@@H]1Cc2ccccc21. The summed E-state index contributed by atoms with van der Waals surface area (Å²) in [4.78, 5) is 12.3. The predicted octanol–water partition coefficient (Wildman–Crippen LogP) is 2.91. The fourth-order valence-corrected chi connectivity index (χ4v) is 2.91. The molecule has 0 bridgehead atoms. The summed E-state index contributed by atoms with van der Waals surface area (Å²) in [5.41, 5.74) is 3.40. The third-order valence-electron chi connectivity index (χ3n) is 4.06. The molecular formula is C16H14N2O2. The van der Waals surface area contributed by atoms with E-state index in [0.717, 1.165) is 36.1 Å². The van der Waals surface area contributed by atoms with Crippen LogP contribution in [0.4, 0.5) is 5.82 Å². The van der Waals surface area contributed by atoms with E-state index in [1.165, 1.54) is 5.56 Å². The summed E-state index contributed by atoms with van der Waals surface area (Å²) in [6, 6.07) is 8.07. The Balaban J connectivity index is 1.55. The Morgan fingerprint density at radius 1 is 1.35 bits per heavy atom. The van der Waals surface area contributed by atoms with Crippen molar-refractivity contribution >= 4 is 17.8 Å². The molecule has 100 valence electrons. The molecular weight excluding hydrogens is 252 g/mol. The third-order valence-corrected chi connectivity index (χ3v) is 4.06. The van der Waals surface area contributed by atoms with Crippen LogP contribution in [0.25, 0.3) is 6.08 Å². The molecule has 0 aliphatic heterocycles. The number of hydrogen-bond acceptors (Lipinski definition) is 3. The van der Waals surface area contributed by atoms with E-state index < -0.39 is 0 Å². The monoisotopic (exact) mass is 266 g/mol. The van der Waals surface area contributed by atoms with Crippen molar-refractivity contribution in [2.45, 2.75) is 25.2 Å². The second kappa shape index (κ2) is 4.34. The highest BCUT2D eigenvalue weighted by Crippen LogP contribution is 2.36. The maximum Gasteiger partial charge on any atom is 0.233 e. The first-order valence-corrected chi connectivity index (χ1v) is 6.86. The molecule has 1 aromatic heterocycles. The van der Waals surface area contributed by atoms with E-state index in [9.17, 15) is 4.79 Å². The van der Waals surface area contributed by atoms with Gasteiger partial charge in [-0.1, -0.05) is 35.5 Å². The molecule has 0 spiro atoms. The minimum Gasteiger partial charge on any atom is -0.354 e. The number of benzene rings is 1.